The molecular formula is C12H19N3O5S. The van der Waals surface area contributed by atoms with Crippen molar-refractivity contribution in [3.63, 3.8) is 0 Å². The van der Waals surface area contributed by atoms with Gasteiger partial charge in [-0.25, -0.2) is 0 Å². The lowest BCUT2D eigenvalue weighted by molar-refractivity contribution is -0.759. The maximum atomic E-state index is 11.8. The molecule has 0 bridgehead atoms. The quantitative estimate of drug-likeness (QED) is 0.557. The van der Waals surface area contributed by atoms with Gasteiger partial charge in [0.05, 0.1) is 6.61 Å². The van der Waals surface area contributed by atoms with Gasteiger partial charge in [0.15, 0.2) is 0 Å². The Hall–Kier alpha value is -1.51. The zero-order chi connectivity index (χ0) is 15.2. The van der Waals surface area contributed by atoms with Crippen LogP contribution in [0, 0.1) is 22.0 Å². The summed E-state index contributed by atoms with van der Waals surface area (Å²) in [5, 5.41) is 14.7. The summed E-state index contributed by atoms with van der Waals surface area (Å²) < 4.78 is 0. The van der Waals surface area contributed by atoms with Crippen LogP contribution in [0.4, 0.5) is 4.79 Å². The summed E-state index contributed by atoms with van der Waals surface area (Å²) in [6, 6.07) is -0.424. The number of nitrogens with one attached hydrogen (secondary N) is 2. The topological polar surface area (TPSA) is 111 Å². The third-order valence-electron chi connectivity index (χ3n) is 3.94. The van der Waals surface area contributed by atoms with Crippen molar-refractivity contribution in [1.29, 1.82) is 0 Å². The highest BCUT2D eigenvalue weighted by Crippen LogP contribution is 2.28. The summed E-state index contributed by atoms with van der Waals surface area (Å²) in [6.45, 7) is 0.760. The van der Waals surface area contributed by atoms with Crippen LogP contribution in [0.5, 0.6) is 0 Å². The first-order valence-corrected chi connectivity index (χ1v) is 8.01. The van der Waals surface area contributed by atoms with Crippen LogP contribution in [0.15, 0.2) is 0 Å². The molecule has 2 rings (SSSR count). The van der Waals surface area contributed by atoms with Crippen LogP contribution >= 0.6 is 11.8 Å². The van der Waals surface area contributed by atoms with Gasteiger partial charge < -0.3 is 15.5 Å². The zero-order valence-corrected chi connectivity index (χ0v) is 12.4. The van der Waals surface area contributed by atoms with Gasteiger partial charge in [-0.05, 0) is 37.5 Å². The highest BCUT2D eigenvalue weighted by Gasteiger charge is 2.29. The Morgan fingerprint density at radius 2 is 2.05 bits per heavy atom. The molecule has 1 saturated heterocycles. The van der Waals surface area contributed by atoms with Crippen LogP contribution < -0.4 is 10.6 Å². The molecule has 1 heterocycles. The van der Waals surface area contributed by atoms with Gasteiger partial charge in [0.1, 0.15) is 6.04 Å². The van der Waals surface area contributed by atoms with Gasteiger partial charge in [0.25, 0.3) is 10.3 Å². The van der Waals surface area contributed by atoms with E-state index in [4.69, 9.17) is 0 Å². The van der Waals surface area contributed by atoms with Crippen molar-refractivity contribution >= 4 is 22.9 Å². The van der Waals surface area contributed by atoms with E-state index in [0.717, 1.165) is 37.4 Å². The second-order valence-corrected chi connectivity index (χ2v) is 6.44. The SMILES string of the molecule is O=C1NC(C(=O)NCC2CCC(CO[N+](=O)[O-])CC2)CS1. The van der Waals surface area contributed by atoms with Crippen molar-refractivity contribution in [2.45, 2.75) is 31.7 Å². The van der Waals surface area contributed by atoms with Gasteiger partial charge in [0, 0.05) is 12.3 Å². The minimum Gasteiger partial charge on any atom is -0.354 e. The number of amides is 2. The molecule has 0 aromatic rings. The summed E-state index contributed by atoms with van der Waals surface area (Å²) >= 11 is 1.12. The first-order valence-electron chi connectivity index (χ1n) is 7.03. The largest absolute Gasteiger partial charge is 0.354 e. The summed E-state index contributed by atoms with van der Waals surface area (Å²) in [4.78, 5) is 37.4. The predicted molar refractivity (Wildman–Crippen MR) is 76.2 cm³/mol. The molecule has 2 fully saturated rings. The molecule has 2 aliphatic rings. The van der Waals surface area contributed by atoms with Gasteiger partial charge >= 0.3 is 0 Å². The summed E-state index contributed by atoms with van der Waals surface area (Å²) in [5.41, 5.74) is 0. The predicted octanol–water partition coefficient (Wildman–Crippen LogP) is 0.942. The molecule has 0 radical (unpaired) electrons. The van der Waals surface area contributed by atoms with E-state index >= 15 is 0 Å². The van der Waals surface area contributed by atoms with E-state index in [9.17, 15) is 19.7 Å². The van der Waals surface area contributed by atoms with E-state index < -0.39 is 11.1 Å². The number of carbonyl (C=O) groups is 2. The fourth-order valence-corrected chi connectivity index (χ4v) is 3.44. The lowest BCUT2D eigenvalue weighted by Gasteiger charge is -2.28. The Morgan fingerprint density at radius 3 is 2.62 bits per heavy atom. The number of hydrogen-bond donors (Lipinski definition) is 2. The van der Waals surface area contributed by atoms with Crippen molar-refractivity contribution in [1.82, 2.24) is 10.6 Å². The summed E-state index contributed by atoms with van der Waals surface area (Å²) in [5.74, 6) is 0.973. The molecule has 1 aliphatic heterocycles. The molecule has 8 nitrogen and oxygen atoms in total. The van der Waals surface area contributed by atoms with Gasteiger partial charge in [-0.1, -0.05) is 11.8 Å². The molecule has 2 N–H and O–H groups in total. The normalized spacial score (nSPS) is 28.8. The first-order chi connectivity index (χ1) is 10.0. The highest BCUT2D eigenvalue weighted by atomic mass is 32.2. The molecule has 2 amide bonds. The van der Waals surface area contributed by atoms with Gasteiger partial charge in [-0.3, -0.25) is 9.59 Å². The van der Waals surface area contributed by atoms with Crippen molar-refractivity contribution < 1.29 is 19.5 Å². The summed E-state index contributed by atoms with van der Waals surface area (Å²) in [7, 11) is 0. The van der Waals surface area contributed by atoms with Crippen molar-refractivity contribution in [2.24, 2.45) is 11.8 Å². The maximum absolute atomic E-state index is 11.8. The molecule has 21 heavy (non-hydrogen) atoms. The number of rotatable bonds is 6. The minimum absolute atomic E-state index is 0.132. The summed E-state index contributed by atoms with van der Waals surface area (Å²) in [6.07, 6.45) is 3.62. The Balaban J connectivity index is 1.61. The Kier molecular flexibility index (Phi) is 5.66. The third kappa shape index (κ3) is 5.07. The van der Waals surface area contributed by atoms with E-state index in [-0.39, 0.29) is 23.7 Å². The number of thioether (sulfide) groups is 1. The average molecular weight is 317 g/mol. The minimum atomic E-state index is -0.750. The van der Waals surface area contributed by atoms with Crippen LogP contribution in [-0.4, -0.2) is 41.2 Å². The highest BCUT2D eigenvalue weighted by molar-refractivity contribution is 8.14. The van der Waals surface area contributed by atoms with E-state index in [0.29, 0.717) is 18.2 Å². The Bertz CT molecular complexity index is 412. The maximum Gasteiger partial charge on any atom is 0.294 e. The molecule has 0 spiro atoms. The van der Waals surface area contributed by atoms with Crippen molar-refractivity contribution in [3.05, 3.63) is 10.1 Å². The van der Waals surface area contributed by atoms with E-state index in [1.165, 1.54) is 0 Å². The number of nitrogens with zero attached hydrogens (tertiary/aromatic N) is 1. The van der Waals surface area contributed by atoms with Crippen molar-refractivity contribution in [3.8, 4) is 0 Å². The second kappa shape index (κ2) is 7.48. The molecule has 0 aromatic carbocycles. The lowest BCUT2D eigenvalue weighted by atomic mass is 9.82. The smallest absolute Gasteiger partial charge is 0.294 e. The van der Waals surface area contributed by atoms with Gasteiger partial charge in [0.2, 0.25) is 5.91 Å². The first kappa shape index (κ1) is 15.9. The zero-order valence-electron chi connectivity index (χ0n) is 11.6. The molecule has 0 aromatic heterocycles. The Morgan fingerprint density at radius 1 is 1.38 bits per heavy atom. The second-order valence-electron chi connectivity index (χ2n) is 5.45. The van der Waals surface area contributed by atoms with E-state index in [1.807, 2.05) is 0 Å². The van der Waals surface area contributed by atoms with Crippen molar-refractivity contribution in [2.75, 3.05) is 18.9 Å². The average Bonchev–Trinajstić information content (AvgIpc) is 2.90. The molecular weight excluding hydrogens is 298 g/mol. The molecule has 1 unspecified atom stereocenters. The van der Waals surface area contributed by atoms with Crippen LogP contribution in [-0.2, 0) is 9.63 Å². The van der Waals surface area contributed by atoms with E-state index in [1.54, 1.807) is 0 Å². The molecule has 9 heteroatoms. The molecule has 1 saturated carbocycles. The van der Waals surface area contributed by atoms with E-state index in [2.05, 4.69) is 15.5 Å². The number of carbonyl (C=O) groups excluding carboxylic acids is 2. The fraction of sp³-hybridized carbons (Fsp3) is 0.833. The lowest BCUT2D eigenvalue weighted by Crippen LogP contribution is -2.44. The standard InChI is InChI=1S/C12H19N3O5S/c16-11(10-7-21-12(17)14-10)13-5-8-1-3-9(4-2-8)6-20-15(18)19/h8-10H,1-7H2,(H,13,16)(H,14,17). The fourth-order valence-electron chi connectivity index (χ4n) is 2.66. The molecule has 1 atom stereocenters. The van der Waals surface area contributed by atoms with Crippen LogP contribution in [0.3, 0.4) is 0 Å². The van der Waals surface area contributed by atoms with Crippen LogP contribution in [0.2, 0.25) is 0 Å². The number of hydrogen-bond acceptors (Lipinski definition) is 6. The molecule has 118 valence electrons. The van der Waals surface area contributed by atoms with Gasteiger partial charge in [-0.15, -0.1) is 10.1 Å². The van der Waals surface area contributed by atoms with Crippen LogP contribution in [0.1, 0.15) is 25.7 Å². The monoisotopic (exact) mass is 317 g/mol. The Labute approximate surface area is 126 Å². The molecule has 1 aliphatic carbocycles. The van der Waals surface area contributed by atoms with Gasteiger partial charge in [-0.2, -0.15) is 0 Å². The van der Waals surface area contributed by atoms with Crippen LogP contribution in [0.25, 0.3) is 0 Å². The third-order valence-corrected chi connectivity index (χ3v) is 4.82.